The lowest BCUT2D eigenvalue weighted by molar-refractivity contribution is 0.0446. The number of rotatable bonds is 29. The number of aryl methyl sites for hydroxylation is 1. The van der Waals surface area contributed by atoms with Crippen molar-refractivity contribution in [3.8, 4) is 0 Å². The maximum atomic E-state index is 13.6. The zero-order valence-corrected chi connectivity index (χ0v) is 29.5. The number of hydrogen-bond donors (Lipinski definition) is 0. The lowest BCUT2D eigenvalue weighted by Gasteiger charge is -2.16. The molecule has 1 aromatic carbocycles. The second kappa shape index (κ2) is 27.9. The van der Waals surface area contributed by atoms with Gasteiger partial charge in [-0.25, -0.2) is 14.4 Å². The van der Waals surface area contributed by atoms with Crippen molar-refractivity contribution >= 4 is 17.9 Å². The molecule has 258 valence electrons. The number of esters is 3. The van der Waals surface area contributed by atoms with Crippen LogP contribution in [0.15, 0.2) is 12.1 Å². The molecular weight excluding hydrogens is 564 g/mol. The van der Waals surface area contributed by atoms with Crippen molar-refractivity contribution in [3.63, 3.8) is 0 Å². The Labute approximate surface area is 275 Å². The first-order valence-electron chi connectivity index (χ1n) is 18.7. The van der Waals surface area contributed by atoms with Crippen LogP contribution in [0.3, 0.4) is 0 Å². The standard InChI is InChI=1S/C39H66O6/c1-5-9-13-17-18-19-23-27-33-31-34(37(40)43-28-24-20-14-10-6-2)32-35(38(41)44-29-25-21-15-11-7-3)36(33)39(42)45-30-26-22-16-12-8-4/h31-32H,5-30H2,1-4H3. The SMILES string of the molecule is CCCCCCCCCc1cc(C(=O)OCCCCCCC)cc(C(=O)OCCCCCCC)c1C(=O)OCCCCCCC. The van der Waals surface area contributed by atoms with E-state index in [-0.39, 0.29) is 17.7 Å². The minimum Gasteiger partial charge on any atom is -0.462 e. The number of benzene rings is 1. The predicted molar refractivity (Wildman–Crippen MR) is 185 cm³/mol. The maximum Gasteiger partial charge on any atom is 0.339 e. The second-order valence-electron chi connectivity index (χ2n) is 12.6. The van der Waals surface area contributed by atoms with Crippen molar-refractivity contribution in [2.24, 2.45) is 0 Å². The fourth-order valence-corrected chi connectivity index (χ4v) is 5.54. The average molecular weight is 631 g/mol. The molecule has 6 heteroatoms. The summed E-state index contributed by atoms with van der Waals surface area (Å²) < 4.78 is 17.0. The average Bonchev–Trinajstić information content (AvgIpc) is 3.04. The molecule has 0 aliphatic carbocycles. The summed E-state index contributed by atoms with van der Waals surface area (Å²) >= 11 is 0. The molecule has 0 aliphatic heterocycles. The van der Waals surface area contributed by atoms with Gasteiger partial charge in [0.2, 0.25) is 0 Å². The normalized spacial score (nSPS) is 11.0. The Bertz CT molecular complexity index is 924. The summed E-state index contributed by atoms with van der Waals surface area (Å²) in [5.74, 6) is -1.54. The van der Waals surface area contributed by atoms with E-state index in [1.165, 1.54) is 44.6 Å². The van der Waals surface area contributed by atoms with Gasteiger partial charge in [-0.3, -0.25) is 0 Å². The van der Waals surface area contributed by atoms with Gasteiger partial charge in [0.05, 0.1) is 36.5 Å². The molecule has 1 aromatic rings. The van der Waals surface area contributed by atoms with Crippen molar-refractivity contribution in [2.45, 2.75) is 175 Å². The van der Waals surface area contributed by atoms with Crippen molar-refractivity contribution in [1.29, 1.82) is 0 Å². The molecule has 0 atom stereocenters. The molecule has 0 amide bonds. The van der Waals surface area contributed by atoms with Gasteiger partial charge in [0.15, 0.2) is 0 Å². The van der Waals surface area contributed by atoms with Crippen LogP contribution in [0.1, 0.15) is 206 Å². The lowest BCUT2D eigenvalue weighted by atomic mass is 9.93. The molecule has 0 radical (unpaired) electrons. The van der Waals surface area contributed by atoms with Gasteiger partial charge in [0, 0.05) is 0 Å². The van der Waals surface area contributed by atoms with E-state index in [0.717, 1.165) is 103 Å². The number of ether oxygens (including phenoxy) is 3. The first-order chi connectivity index (χ1) is 22.0. The zero-order chi connectivity index (χ0) is 33.0. The van der Waals surface area contributed by atoms with E-state index in [0.29, 0.717) is 30.8 Å². The summed E-state index contributed by atoms with van der Waals surface area (Å²) in [6.07, 6.45) is 24.2. The Hall–Kier alpha value is -2.37. The van der Waals surface area contributed by atoms with Crippen LogP contribution in [-0.2, 0) is 20.6 Å². The van der Waals surface area contributed by atoms with Crippen LogP contribution in [0.5, 0.6) is 0 Å². The second-order valence-corrected chi connectivity index (χ2v) is 12.6. The highest BCUT2D eigenvalue weighted by Crippen LogP contribution is 2.24. The van der Waals surface area contributed by atoms with Crippen LogP contribution in [0.4, 0.5) is 0 Å². The number of carbonyl (C=O) groups is 3. The molecule has 0 saturated carbocycles. The summed E-state index contributed by atoms with van der Waals surface area (Å²) in [6.45, 7) is 9.67. The Morgan fingerprint density at radius 1 is 0.444 bits per heavy atom. The largest absolute Gasteiger partial charge is 0.462 e. The summed E-state index contributed by atoms with van der Waals surface area (Å²) in [7, 11) is 0. The summed E-state index contributed by atoms with van der Waals surface area (Å²) in [4.78, 5) is 40.2. The third-order valence-electron chi connectivity index (χ3n) is 8.37. The molecule has 0 saturated heterocycles. The molecule has 45 heavy (non-hydrogen) atoms. The topological polar surface area (TPSA) is 78.9 Å². The summed E-state index contributed by atoms with van der Waals surface area (Å²) in [6, 6.07) is 3.24. The first-order valence-corrected chi connectivity index (χ1v) is 18.7. The van der Waals surface area contributed by atoms with Crippen molar-refractivity contribution in [2.75, 3.05) is 19.8 Å². The smallest absolute Gasteiger partial charge is 0.339 e. The van der Waals surface area contributed by atoms with Crippen LogP contribution in [0.25, 0.3) is 0 Å². The molecular formula is C39H66O6. The fourth-order valence-electron chi connectivity index (χ4n) is 5.54. The number of carbonyl (C=O) groups excluding carboxylic acids is 3. The minimum absolute atomic E-state index is 0.120. The van der Waals surface area contributed by atoms with Gasteiger partial charge in [0.25, 0.3) is 0 Å². The zero-order valence-electron chi connectivity index (χ0n) is 29.5. The lowest BCUT2D eigenvalue weighted by Crippen LogP contribution is -2.20. The molecule has 0 unspecified atom stereocenters. The van der Waals surface area contributed by atoms with E-state index < -0.39 is 17.9 Å². The highest BCUT2D eigenvalue weighted by molar-refractivity contribution is 6.06. The van der Waals surface area contributed by atoms with Crippen LogP contribution in [0, 0.1) is 0 Å². The van der Waals surface area contributed by atoms with E-state index in [1.54, 1.807) is 6.07 Å². The van der Waals surface area contributed by atoms with E-state index in [1.807, 2.05) is 0 Å². The van der Waals surface area contributed by atoms with Gasteiger partial charge in [-0.15, -0.1) is 0 Å². The summed E-state index contributed by atoms with van der Waals surface area (Å²) in [5.41, 5.74) is 1.34. The first kappa shape index (κ1) is 40.7. The van der Waals surface area contributed by atoms with Gasteiger partial charge >= 0.3 is 17.9 Å². The molecule has 0 N–H and O–H groups in total. The molecule has 0 aromatic heterocycles. The van der Waals surface area contributed by atoms with Crippen molar-refractivity contribution in [1.82, 2.24) is 0 Å². The van der Waals surface area contributed by atoms with Gasteiger partial charge in [-0.1, -0.05) is 143 Å². The quantitative estimate of drug-likeness (QED) is 0.0498. The molecule has 6 nitrogen and oxygen atoms in total. The van der Waals surface area contributed by atoms with Crippen LogP contribution >= 0.6 is 0 Å². The molecule has 0 fully saturated rings. The third-order valence-corrected chi connectivity index (χ3v) is 8.37. The van der Waals surface area contributed by atoms with E-state index in [4.69, 9.17) is 14.2 Å². The highest BCUT2D eigenvalue weighted by atomic mass is 16.5. The van der Waals surface area contributed by atoms with E-state index in [2.05, 4.69) is 27.7 Å². The molecule has 0 aliphatic rings. The van der Waals surface area contributed by atoms with Gasteiger partial charge in [-0.05, 0) is 49.8 Å². The molecule has 0 spiro atoms. The third kappa shape index (κ3) is 19.0. The predicted octanol–water partition coefficient (Wildman–Crippen LogP) is 11.4. The van der Waals surface area contributed by atoms with E-state index >= 15 is 0 Å². The van der Waals surface area contributed by atoms with Gasteiger partial charge < -0.3 is 14.2 Å². The Balaban J connectivity index is 3.18. The van der Waals surface area contributed by atoms with Crippen molar-refractivity contribution in [3.05, 3.63) is 34.4 Å². The summed E-state index contributed by atoms with van der Waals surface area (Å²) in [5, 5.41) is 0. The van der Waals surface area contributed by atoms with Crippen LogP contribution in [-0.4, -0.2) is 37.7 Å². The Morgan fingerprint density at radius 3 is 1.29 bits per heavy atom. The van der Waals surface area contributed by atoms with Crippen LogP contribution < -0.4 is 0 Å². The Morgan fingerprint density at radius 2 is 0.822 bits per heavy atom. The number of hydrogen-bond acceptors (Lipinski definition) is 6. The maximum absolute atomic E-state index is 13.6. The van der Waals surface area contributed by atoms with Crippen LogP contribution in [0.2, 0.25) is 0 Å². The fraction of sp³-hybridized carbons (Fsp3) is 0.769. The molecule has 1 rings (SSSR count). The van der Waals surface area contributed by atoms with Gasteiger partial charge in [-0.2, -0.15) is 0 Å². The Kier molecular flexibility index (Phi) is 25.2. The van der Waals surface area contributed by atoms with Crippen molar-refractivity contribution < 1.29 is 28.6 Å². The minimum atomic E-state index is -0.574. The van der Waals surface area contributed by atoms with Gasteiger partial charge in [0.1, 0.15) is 0 Å². The van der Waals surface area contributed by atoms with E-state index in [9.17, 15) is 14.4 Å². The molecule has 0 bridgehead atoms. The number of unbranched alkanes of at least 4 members (excludes halogenated alkanes) is 18. The molecule has 0 heterocycles. The monoisotopic (exact) mass is 630 g/mol. The highest BCUT2D eigenvalue weighted by Gasteiger charge is 2.26.